The van der Waals surface area contributed by atoms with E-state index in [4.69, 9.17) is 0 Å². The number of amides is 1. The molecule has 122 valence electrons. The van der Waals surface area contributed by atoms with Crippen LogP contribution in [0.4, 0.5) is 11.5 Å². The summed E-state index contributed by atoms with van der Waals surface area (Å²) in [6, 6.07) is 10.9. The lowest BCUT2D eigenvalue weighted by atomic mass is 10.2. The molecule has 0 radical (unpaired) electrons. The van der Waals surface area contributed by atoms with Gasteiger partial charge in [-0.2, -0.15) is 4.68 Å². The minimum atomic E-state index is -0.224. The number of pyridine rings is 1. The number of nitrogens with one attached hydrogen (secondary N) is 1. The van der Waals surface area contributed by atoms with Crippen molar-refractivity contribution in [3.63, 3.8) is 0 Å². The average molecular weight is 323 g/mol. The zero-order valence-electron chi connectivity index (χ0n) is 13.6. The Morgan fingerprint density at radius 3 is 2.67 bits per heavy atom. The first-order valence-corrected chi connectivity index (χ1v) is 7.35. The summed E-state index contributed by atoms with van der Waals surface area (Å²) < 4.78 is 1.60. The molecule has 1 amide bonds. The number of aromatic nitrogens is 5. The van der Waals surface area contributed by atoms with Crippen molar-refractivity contribution >= 4 is 17.4 Å². The molecule has 8 nitrogen and oxygen atoms in total. The first kappa shape index (κ1) is 15.6. The van der Waals surface area contributed by atoms with Crippen LogP contribution in [0.2, 0.25) is 0 Å². The Bertz CT molecular complexity index is 855. The van der Waals surface area contributed by atoms with Gasteiger partial charge in [0.25, 0.3) is 5.91 Å². The number of nitrogens with zero attached hydrogens (tertiary/aromatic N) is 6. The van der Waals surface area contributed by atoms with Gasteiger partial charge in [0, 0.05) is 26.0 Å². The van der Waals surface area contributed by atoms with Crippen molar-refractivity contribution in [2.75, 3.05) is 24.3 Å². The van der Waals surface area contributed by atoms with E-state index < -0.39 is 0 Å². The lowest BCUT2D eigenvalue weighted by Gasteiger charge is -2.11. The standard InChI is InChI=1S/C16H17N7O/c1-11-19-20-21-23(11)14-6-4-5-13(9-14)18-16(24)12-7-8-15(17-10-12)22(2)3/h4-10H,1-3H3,(H,18,24). The summed E-state index contributed by atoms with van der Waals surface area (Å²) >= 11 is 0. The molecule has 24 heavy (non-hydrogen) atoms. The maximum Gasteiger partial charge on any atom is 0.257 e. The van der Waals surface area contributed by atoms with Gasteiger partial charge in [0.2, 0.25) is 0 Å². The zero-order chi connectivity index (χ0) is 17.1. The van der Waals surface area contributed by atoms with Crippen molar-refractivity contribution in [3.05, 3.63) is 54.0 Å². The van der Waals surface area contributed by atoms with Crippen molar-refractivity contribution in [1.29, 1.82) is 0 Å². The van der Waals surface area contributed by atoms with Crippen LogP contribution in [-0.4, -0.2) is 45.2 Å². The molecule has 0 aliphatic rings. The Balaban J connectivity index is 1.78. The Morgan fingerprint density at radius 2 is 2.04 bits per heavy atom. The van der Waals surface area contributed by atoms with Crippen LogP contribution in [0.1, 0.15) is 16.2 Å². The van der Waals surface area contributed by atoms with Crippen LogP contribution in [0, 0.1) is 6.92 Å². The molecule has 3 aromatic rings. The molecular weight excluding hydrogens is 306 g/mol. The SMILES string of the molecule is Cc1nnnn1-c1cccc(NC(=O)c2ccc(N(C)C)nc2)c1. The molecule has 1 N–H and O–H groups in total. The average Bonchev–Trinajstić information content (AvgIpc) is 3.01. The van der Waals surface area contributed by atoms with Crippen LogP contribution in [-0.2, 0) is 0 Å². The van der Waals surface area contributed by atoms with Gasteiger partial charge in [0.15, 0.2) is 5.82 Å². The molecule has 3 rings (SSSR count). The molecule has 2 heterocycles. The number of hydrogen-bond donors (Lipinski definition) is 1. The summed E-state index contributed by atoms with van der Waals surface area (Å²) in [4.78, 5) is 18.5. The highest BCUT2D eigenvalue weighted by atomic mass is 16.1. The Labute approximate surface area is 139 Å². The van der Waals surface area contributed by atoms with Gasteiger partial charge in [0.05, 0.1) is 11.3 Å². The summed E-state index contributed by atoms with van der Waals surface area (Å²) in [6.45, 7) is 1.81. The van der Waals surface area contributed by atoms with E-state index in [1.165, 1.54) is 0 Å². The van der Waals surface area contributed by atoms with Gasteiger partial charge >= 0.3 is 0 Å². The third-order valence-electron chi connectivity index (χ3n) is 3.44. The van der Waals surface area contributed by atoms with E-state index in [0.717, 1.165) is 11.5 Å². The Hall–Kier alpha value is -3.29. The molecule has 0 spiro atoms. The fourth-order valence-electron chi connectivity index (χ4n) is 2.17. The number of hydrogen-bond acceptors (Lipinski definition) is 6. The largest absolute Gasteiger partial charge is 0.363 e. The summed E-state index contributed by atoms with van der Waals surface area (Å²) in [5, 5.41) is 14.3. The van der Waals surface area contributed by atoms with E-state index >= 15 is 0 Å². The molecule has 2 aromatic heterocycles. The zero-order valence-corrected chi connectivity index (χ0v) is 13.6. The normalized spacial score (nSPS) is 10.5. The van der Waals surface area contributed by atoms with Crippen molar-refractivity contribution in [1.82, 2.24) is 25.2 Å². The van der Waals surface area contributed by atoms with Crippen molar-refractivity contribution in [3.8, 4) is 5.69 Å². The van der Waals surface area contributed by atoms with Crippen molar-refractivity contribution < 1.29 is 4.79 Å². The molecular formula is C16H17N7O. The Morgan fingerprint density at radius 1 is 1.21 bits per heavy atom. The maximum absolute atomic E-state index is 12.3. The van der Waals surface area contributed by atoms with Crippen LogP contribution in [0.25, 0.3) is 5.69 Å². The minimum absolute atomic E-state index is 0.224. The van der Waals surface area contributed by atoms with E-state index in [9.17, 15) is 4.79 Å². The van der Waals surface area contributed by atoms with Gasteiger partial charge in [-0.15, -0.1) is 5.10 Å². The number of rotatable bonds is 4. The summed E-state index contributed by atoms with van der Waals surface area (Å²) in [6.07, 6.45) is 1.56. The van der Waals surface area contributed by atoms with Crippen LogP contribution in [0.3, 0.4) is 0 Å². The smallest absolute Gasteiger partial charge is 0.257 e. The lowest BCUT2D eigenvalue weighted by Crippen LogP contribution is -2.14. The highest BCUT2D eigenvalue weighted by Gasteiger charge is 2.09. The van der Waals surface area contributed by atoms with Crippen LogP contribution in [0.5, 0.6) is 0 Å². The van der Waals surface area contributed by atoms with E-state index in [1.54, 1.807) is 23.0 Å². The monoisotopic (exact) mass is 323 g/mol. The number of carbonyl (C=O) groups is 1. The molecule has 0 atom stereocenters. The van der Waals surface area contributed by atoms with Crippen molar-refractivity contribution in [2.24, 2.45) is 0 Å². The highest BCUT2D eigenvalue weighted by molar-refractivity contribution is 6.04. The summed E-state index contributed by atoms with van der Waals surface area (Å²) in [5.41, 5.74) is 1.92. The fraction of sp³-hybridized carbons (Fsp3) is 0.188. The molecule has 0 saturated carbocycles. The van der Waals surface area contributed by atoms with Crippen LogP contribution < -0.4 is 10.2 Å². The maximum atomic E-state index is 12.3. The lowest BCUT2D eigenvalue weighted by molar-refractivity contribution is 0.102. The first-order valence-electron chi connectivity index (χ1n) is 7.35. The van der Waals surface area contributed by atoms with E-state index in [-0.39, 0.29) is 5.91 Å². The van der Waals surface area contributed by atoms with Crippen LogP contribution in [0.15, 0.2) is 42.6 Å². The van der Waals surface area contributed by atoms with Gasteiger partial charge in [0.1, 0.15) is 5.82 Å². The summed E-state index contributed by atoms with van der Waals surface area (Å²) in [5.74, 6) is 1.24. The highest BCUT2D eigenvalue weighted by Crippen LogP contribution is 2.16. The molecule has 1 aromatic carbocycles. The molecule has 0 bridgehead atoms. The topological polar surface area (TPSA) is 88.8 Å². The van der Waals surface area contributed by atoms with Gasteiger partial charge in [-0.1, -0.05) is 6.07 Å². The quantitative estimate of drug-likeness (QED) is 0.786. The van der Waals surface area contributed by atoms with E-state index in [0.29, 0.717) is 17.1 Å². The Kier molecular flexibility index (Phi) is 4.19. The molecule has 0 unspecified atom stereocenters. The van der Waals surface area contributed by atoms with E-state index in [2.05, 4.69) is 25.8 Å². The fourth-order valence-corrected chi connectivity index (χ4v) is 2.17. The second kappa shape index (κ2) is 6.45. The second-order valence-electron chi connectivity index (χ2n) is 5.44. The van der Waals surface area contributed by atoms with Gasteiger partial charge in [-0.05, 0) is 47.7 Å². The molecule has 0 fully saturated rings. The molecule has 0 aliphatic carbocycles. The summed E-state index contributed by atoms with van der Waals surface area (Å²) in [7, 11) is 3.79. The number of carbonyl (C=O) groups excluding carboxylic acids is 1. The predicted octanol–water partition coefficient (Wildman–Crippen LogP) is 1.68. The number of benzene rings is 1. The minimum Gasteiger partial charge on any atom is -0.363 e. The predicted molar refractivity (Wildman–Crippen MR) is 90.4 cm³/mol. The first-order chi connectivity index (χ1) is 11.5. The molecule has 0 saturated heterocycles. The second-order valence-corrected chi connectivity index (χ2v) is 5.44. The van der Waals surface area contributed by atoms with Crippen LogP contribution >= 0.6 is 0 Å². The third kappa shape index (κ3) is 3.22. The van der Waals surface area contributed by atoms with Gasteiger partial charge < -0.3 is 10.2 Å². The third-order valence-corrected chi connectivity index (χ3v) is 3.44. The number of aryl methyl sites for hydroxylation is 1. The van der Waals surface area contributed by atoms with Gasteiger partial charge in [-0.3, -0.25) is 4.79 Å². The van der Waals surface area contributed by atoms with Gasteiger partial charge in [-0.25, -0.2) is 4.98 Å². The number of anilines is 2. The van der Waals surface area contributed by atoms with E-state index in [1.807, 2.05) is 50.2 Å². The molecule has 8 heteroatoms. The van der Waals surface area contributed by atoms with Crippen molar-refractivity contribution in [2.45, 2.75) is 6.92 Å². The number of tetrazole rings is 1. The molecule has 0 aliphatic heterocycles.